The molecule has 0 unspecified atom stereocenters. The van der Waals surface area contributed by atoms with Gasteiger partial charge in [-0.3, -0.25) is 4.79 Å². The molecule has 32 heavy (non-hydrogen) atoms. The zero-order chi connectivity index (χ0) is 22.7. The minimum atomic E-state index is -1.18. The van der Waals surface area contributed by atoms with Crippen LogP contribution in [-0.2, 0) is 4.79 Å². The number of hydrogen-bond donors (Lipinski definition) is 3. The molecule has 1 amide bonds. The lowest BCUT2D eigenvalue weighted by molar-refractivity contribution is -0.111. The third kappa shape index (κ3) is 4.49. The van der Waals surface area contributed by atoms with Crippen LogP contribution in [0.25, 0.3) is 28.0 Å². The lowest BCUT2D eigenvalue weighted by atomic mass is 10.0. The molecule has 0 atom stereocenters. The Balaban J connectivity index is 1.59. The van der Waals surface area contributed by atoms with Crippen molar-refractivity contribution in [3.05, 3.63) is 102 Å². The fourth-order valence-corrected chi connectivity index (χ4v) is 3.38. The second-order valence-corrected chi connectivity index (χ2v) is 7.15. The summed E-state index contributed by atoms with van der Waals surface area (Å²) in [5.41, 5.74) is 2.09. The summed E-state index contributed by atoms with van der Waals surface area (Å²) in [6, 6.07) is 20.9. The van der Waals surface area contributed by atoms with Gasteiger partial charge in [-0.1, -0.05) is 42.5 Å². The SMILES string of the molecule is O=C(C=Cc1ccc2cccc(O)c2c1)Nc1cc(-c2ccc(F)cc2)ccc1C(=O)O. The van der Waals surface area contributed by atoms with Crippen molar-refractivity contribution in [2.24, 2.45) is 0 Å². The molecular weight excluding hydrogens is 409 g/mol. The molecule has 0 radical (unpaired) electrons. The Morgan fingerprint density at radius 1 is 0.875 bits per heavy atom. The smallest absolute Gasteiger partial charge is 0.337 e. The number of phenolic OH excluding ortho intramolecular Hbond substituents is 1. The number of phenols is 1. The highest BCUT2D eigenvalue weighted by Crippen LogP contribution is 2.27. The number of carbonyl (C=O) groups excluding carboxylic acids is 1. The topological polar surface area (TPSA) is 86.6 Å². The lowest BCUT2D eigenvalue weighted by Crippen LogP contribution is -2.12. The van der Waals surface area contributed by atoms with E-state index < -0.39 is 11.9 Å². The summed E-state index contributed by atoms with van der Waals surface area (Å²) in [7, 11) is 0. The highest BCUT2D eigenvalue weighted by Gasteiger charge is 2.13. The summed E-state index contributed by atoms with van der Waals surface area (Å²) >= 11 is 0. The Hall–Kier alpha value is -4.45. The molecule has 0 aliphatic rings. The maximum Gasteiger partial charge on any atom is 0.337 e. The maximum atomic E-state index is 13.2. The van der Waals surface area contributed by atoms with Crippen LogP contribution in [0.4, 0.5) is 10.1 Å². The predicted molar refractivity (Wildman–Crippen MR) is 122 cm³/mol. The van der Waals surface area contributed by atoms with E-state index >= 15 is 0 Å². The molecule has 0 bridgehead atoms. The van der Waals surface area contributed by atoms with E-state index in [0.29, 0.717) is 22.1 Å². The van der Waals surface area contributed by atoms with Crippen molar-refractivity contribution in [1.29, 1.82) is 0 Å². The Morgan fingerprint density at radius 3 is 2.38 bits per heavy atom. The standard InChI is InChI=1S/C26H18FNO4/c27-20-10-7-17(8-11-20)19-9-12-21(26(31)32)23(15-19)28-25(30)13-5-16-4-6-18-2-1-3-24(29)22(18)14-16/h1-15,29H,(H,28,30)(H,31,32). The van der Waals surface area contributed by atoms with Gasteiger partial charge in [-0.2, -0.15) is 0 Å². The number of hydrogen-bond acceptors (Lipinski definition) is 3. The average molecular weight is 427 g/mol. The number of rotatable bonds is 5. The first kappa shape index (κ1) is 20.8. The second-order valence-electron chi connectivity index (χ2n) is 7.15. The van der Waals surface area contributed by atoms with Gasteiger partial charge in [0.15, 0.2) is 0 Å². The zero-order valence-corrected chi connectivity index (χ0v) is 16.7. The highest BCUT2D eigenvalue weighted by atomic mass is 19.1. The van der Waals surface area contributed by atoms with Crippen molar-refractivity contribution in [3.8, 4) is 16.9 Å². The van der Waals surface area contributed by atoms with Gasteiger partial charge in [-0.15, -0.1) is 0 Å². The van der Waals surface area contributed by atoms with Crippen LogP contribution in [0.3, 0.4) is 0 Å². The van der Waals surface area contributed by atoms with Crippen molar-refractivity contribution in [3.63, 3.8) is 0 Å². The number of carboxylic acids is 1. The fourth-order valence-electron chi connectivity index (χ4n) is 3.38. The number of nitrogens with one attached hydrogen (secondary N) is 1. The van der Waals surface area contributed by atoms with Gasteiger partial charge in [-0.05, 0) is 64.6 Å². The van der Waals surface area contributed by atoms with E-state index in [0.717, 1.165) is 5.39 Å². The average Bonchev–Trinajstić information content (AvgIpc) is 2.78. The van der Waals surface area contributed by atoms with Crippen molar-refractivity contribution in [1.82, 2.24) is 0 Å². The Labute approximate surface area is 183 Å². The number of amides is 1. The van der Waals surface area contributed by atoms with Crippen LogP contribution in [0.15, 0.2) is 84.9 Å². The van der Waals surface area contributed by atoms with Gasteiger partial charge < -0.3 is 15.5 Å². The third-order valence-electron chi connectivity index (χ3n) is 5.00. The zero-order valence-electron chi connectivity index (χ0n) is 16.7. The largest absolute Gasteiger partial charge is 0.507 e. The second kappa shape index (κ2) is 8.73. The van der Waals surface area contributed by atoms with Gasteiger partial charge in [-0.25, -0.2) is 9.18 Å². The highest BCUT2D eigenvalue weighted by molar-refractivity contribution is 6.07. The summed E-state index contributed by atoms with van der Waals surface area (Å²) < 4.78 is 13.2. The van der Waals surface area contributed by atoms with Crippen LogP contribution in [0.1, 0.15) is 15.9 Å². The summed E-state index contributed by atoms with van der Waals surface area (Å²) in [5, 5.41) is 23.6. The minimum absolute atomic E-state index is 0.0618. The van der Waals surface area contributed by atoms with E-state index in [2.05, 4.69) is 5.32 Å². The van der Waals surface area contributed by atoms with E-state index in [4.69, 9.17) is 0 Å². The van der Waals surface area contributed by atoms with Crippen LogP contribution in [0.2, 0.25) is 0 Å². The fraction of sp³-hybridized carbons (Fsp3) is 0. The van der Waals surface area contributed by atoms with Crippen LogP contribution in [0, 0.1) is 5.82 Å². The molecule has 0 spiro atoms. The van der Waals surface area contributed by atoms with Gasteiger partial charge in [0.05, 0.1) is 11.3 Å². The molecular formula is C26H18FNO4. The summed E-state index contributed by atoms with van der Waals surface area (Å²) in [6.45, 7) is 0. The van der Waals surface area contributed by atoms with E-state index in [1.54, 1.807) is 42.5 Å². The minimum Gasteiger partial charge on any atom is -0.507 e. The molecule has 5 nitrogen and oxygen atoms in total. The van der Waals surface area contributed by atoms with E-state index in [1.807, 2.05) is 18.2 Å². The first-order valence-electron chi connectivity index (χ1n) is 9.75. The first-order valence-corrected chi connectivity index (χ1v) is 9.75. The number of halogens is 1. The molecule has 0 heterocycles. The van der Waals surface area contributed by atoms with Crippen molar-refractivity contribution < 1.29 is 24.2 Å². The van der Waals surface area contributed by atoms with Crippen LogP contribution < -0.4 is 5.32 Å². The van der Waals surface area contributed by atoms with Gasteiger partial charge in [0.25, 0.3) is 0 Å². The van der Waals surface area contributed by atoms with Gasteiger partial charge in [0, 0.05) is 11.5 Å². The molecule has 6 heteroatoms. The van der Waals surface area contributed by atoms with Crippen molar-refractivity contribution >= 4 is 34.4 Å². The number of aromatic hydroxyl groups is 1. The Bertz CT molecular complexity index is 1360. The summed E-state index contributed by atoms with van der Waals surface area (Å²) in [4.78, 5) is 24.1. The molecule has 0 aliphatic carbocycles. The van der Waals surface area contributed by atoms with Crippen LogP contribution in [-0.4, -0.2) is 22.1 Å². The molecule has 0 aromatic heterocycles. The predicted octanol–water partition coefficient (Wildman–Crippen LogP) is 5.70. The quantitative estimate of drug-likeness (QED) is 0.357. The maximum absolute atomic E-state index is 13.2. The first-order chi connectivity index (χ1) is 15.4. The molecule has 0 aliphatic heterocycles. The number of carboxylic acid groups (broad SMARTS) is 1. The molecule has 3 N–H and O–H groups in total. The Kier molecular flexibility index (Phi) is 5.68. The summed E-state index contributed by atoms with van der Waals surface area (Å²) in [5.74, 6) is -1.93. The lowest BCUT2D eigenvalue weighted by Gasteiger charge is -2.10. The number of carbonyl (C=O) groups is 2. The van der Waals surface area contributed by atoms with E-state index in [-0.39, 0.29) is 22.8 Å². The molecule has 0 fully saturated rings. The molecule has 158 valence electrons. The molecule has 4 aromatic rings. The van der Waals surface area contributed by atoms with Crippen LogP contribution >= 0.6 is 0 Å². The van der Waals surface area contributed by atoms with Crippen molar-refractivity contribution in [2.45, 2.75) is 0 Å². The Morgan fingerprint density at radius 2 is 1.62 bits per heavy atom. The normalized spacial score (nSPS) is 11.0. The third-order valence-corrected chi connectivity index (χ3v) is 5.00. The van der Waals surface area contributed by atoms with E-state index in [9.17, 15) is 24.2 Å². The monoisotopic (exact) mass is 427 g/mol. The number of aromatic carboxylic acids is 1. The van der Waals surface area contributed by atoms with Gasteiger partial charge in [0.1, 0.15) is 11.6 Å². The number of fused-ring (bicyclic) bond motifs is 1. The van der Waals surface area contributed by atoms with Gasteiger partial charge in [0.2, 0.25) is 5.91 Å². The van der Waals surface area contributed by atoms with Crippen LogP contribution in [0.5, 0.6) is 5.75 Å². The summed E-state index contributed by atoms with van der Waals surface area (Å²) in [6.07, 6.45) is 2.86. The molecule has 0 saturated carbocycles. The van der Waals surface area contributed by atoms with Crippen molar-refractivity contribution in [2.75, 3.05) is 5.32 Å². The van der Waals surface area contributed by atoms with Gasteiger partial charge >= 0.3 is 5.97 Å². The van der Waals surface area contributed by atoms with E-state index in [1.165, 1.54) is 30.3 Å². The number of anilines is 1. The number of benzene rings is 4. The molecule has 0 saturated heterocycles. The molecule has 4 aromatic carbocycles. The molecule has 4 rings (SSSR count).